The highest BCUT2D eigenvalue weighted by molar-refractivity contribution is 5.79. The summed E-state index contributed by atoms with van der Waals surface area (Å²) in [4.78, 5) is 12.7. The molecule has 2 unspecified atom stereocenters. The zero-order valence-corrected chi connectivity index (χ0v) is 8.06. The molecule has 6 heteroatoms. The maximum Gasteiger partial charge on any atom is 0.235 e. The molecule has 5 N–H and O–H groups in total. The van der Waals surface area contributed by atoms with Crippen molar-refractivity contribution in [2.24, 2.45) is 11.5 Å². The normalized spacial score (nSPS) is 26.0. The van der Waals surface area contributed by atoms with Crippen molar-refractivity contribution in [1.29, 1.82) is 0 Å². The molecular weight excluding hydrogens is 186 g/mol. The van der Waals surface area contributed by atoms with Gasteiger partial charge in [0.2, 0.25) is 5.91 Å². The van der Waals surface area contributed by atoms with E-state index in [1.54, 1.807) is 0 Å². The molecule has 14 heavy (non-hydrogen) atoms. The van der Waals surface area contributed by atoms with Crippen molar-refractivity contribution in [3.8, 4) is 0 Å². The van der Waals surface area contributed by atoms with E-state index in [1.807, 2.05) is 4.90 Å². The number of carbonyl (C=O) groups is 1. The molecule has 1 fully saturated rings. The van der Waals surface area contributed by atoms with Gasteiger partial charge in [0.15, 0.2) is 0 Å². The number of nitrogens with zero attached hydrogens (tertiary/aromatic N) is 1. The third kappa shape index (κ3) is 3.22. The van der Waals surface area contributed by atoms with E-state index >= 15 is 0 Å². The standard InChI is InChI=1S/C8H17N3O3/c9-7(8(10)13)4-11-1-2-14-6(3-11)5-12/h6-7,12H,1-5,9H2,(H2,10,13). The van der Waals surface area contributed by atoms with Gasteiger partial charge in [0.25, 0.3) is 0 Å². The Morgan fingerprint density at radius 1 is 1.71 bits per heavy atom. The number of hydrogen-bond donors (Lipinski definition) is 3. The monoisotopic (exact) mass is 203 g/mol. The Bertz CT molecular complexity index is 200. The minimum atomic E-state index is -0.646. The van der Waals surface area contributed by atoms with Gasteiger partial charge < -0.3 is 21.3 Å². The smallest absolute Gasteiger partial charge is 0.235 e. The fraction of sp³-hybridized carbons (Fsp3) is 0.875. The van der Waals surface area contributed by atoms with Crippen LogP contribution in [0.25, 0.3) is 0 Å². The van der Waals surface area contributed by atoms with Crippen LogP contribution in [0.3, 0.4) is 0 Å². The van der Waals surface area contributed by atoms with Gasteiger partial charge in [0.05, 0.1) is 25.4 Å². The Labute approximate surface area is 82.8 Å². The third-order valence-corrected chi connectivity index (χ3v) is 2.25. The van der Waals surface area contributed by atoms with Crippen molar-refractivity contribution in [3.05, 3.63) is 0 Å². The summed E-state index contributed by atoms with van der Waals surface area (Å²) in [5, 5.41) is 8.88. The van der Waals surface area contributed by atoms with Crippen LogP contribution in [0.2, 0.25) is 0 Å². The Morgan fingerprint density at radius 2 is 2.43 bits per heavy atom. The molecule has 1 aliphatic rings. The van der Waals surface area contributed by atoms with E-state index < -0.39 is 11.9 Å². The number of carbonyl (C=O) groups excluding carboxylic acids is 1. The maximum atomic E-state index is 10.7. The minimum Gasteiger partial charge on any atom is -0.394 e. The second-order valence-corrected chi connectivity index (χ2v) is 3.44. The van der Waals surface area contributed by atoms with Crippen LogP contribution in [0.15, 0.2) is 0 Å². The fourth-order valence-corrected chi connectivity index (χ4v) is 1.42. The van der Waals surface area contributed by atoms with Crippen LogP contribution in [0.1, 0.15) is 0 Å². The van der Waals surface area contributed by atoms with E-state index in [4.69, 9.17) is 21.3 Å². The van der Waals surface area contributed by atoms with E-state index in [1.165, 1.54) is 0 Å². The van der Waals surface area contributed by atoms with Crippen molar-refractivity contribution in [2.45, 2.75) is 12.1 Å². The van der Waals surface area contributed by atoms with Crippen LogP contribution in [-0.4, -0.2) is 60.9 Å². The second-order valence-electron chi connectivity index (χ2n) is 3.44. The lowest BCUT2D eigenvalue weighted by Crippen LogP contribution is -2.51. The summed E-state index contributed by atoms with van der Waals surface area (Å²) in [7, 11) is 0. The molecule has 0 radical (unpaired) electrons. The average molecular weight is 203 g/mol. The molecule has 1 amide bonds. The lowest BCUT2D eigenvalue weighted by atomic mass is 10.2. The largest absolute Gasteiger partial charge is 0.394 e. The zero-order valence-electron chi connectivity index (χ0n) is 8.06. The van der Waals surface area contributed by atoms with Crippen molar-refractivity contribution >= 4 is 5.91 Å². The van der Waals surface area contributed by atoms with E-state index in [9.17, 15) is 4.79 Å². The van der Waals surface area contributed by atoms with Crippen LogP contribution in [0, 0.1) is 0 Å². The highest BCUT2D eigenvalue weighted by Crippen LogP contribution is 2.04. The number of nitrogens with two attached hydrogens (primary N) is 2. The van der Waals surface area contributed by atoms with Gasteiger partial charge in [0.1, 0.15) is 0 Å². The summed E-state index contributed by atoms with van der Waals surface area (Å²) >= 11 is 0. The number of rotatable bonds is 4. The van der Waals surface area contributed by atoms with Crippen LogP contribution in [-0.2, 0) is 9.53 Å². The quantitative estimate of drug-likeness (QED) is 0.468. The lowest BCUT2D eigenvalue weighted by molar-refractivity contribution is -0.120. The molecule has 0 bridgehead atoms. The van der Waals surface area contributed by atoms with Gasteiger partial charge in [-0.3, -0.25) is 9.69 Å². The number of amides is 1. The summed E-state index contributed by atoms with van der Waals surface area (Å²) in [5.74, 6) is -0.503. The first-order valence-electron chi connectivity index (χ1n) is 4.63. The van der Waals surface area contributed by atoms with Crippen LogP contribution >= 0.6 is 0 Å². The third-order valence-electron chi connectivity index (χ3n) is 2.25. The van der Waals surface area contributed by atoms with Crippen molar-refractivity contribution in [2.75, 3.05) is 32.8 Å². The summed E-state index contributed by atoms with van der Waals surface area (Å²) in [5.41, 5.74) is 10.6. The molecule has 0 aromatic rings. The van der Waals surface area contributed by atoms with Gasteiger partial charge in [-0.25, -0.2) is 0 Å². The average Bonchev–Trinajstić information content (AvgIpc) is 2.18. The van der Waals surface area contributed by atoms with E-state index in [0.717, 1.165) is 6.54 Å². The molecule has 0 spiro atoms. The Balaban J connectivity index is 2.33. The van der Waals surface area contributed by atoms with Crippen molar-refractivity contribution in [3.63, 3.8) is 0 Å². The first-order valence-corrected chi connectivity index (χ1v) is 4.63. The predicted molar refractivity (Wildman–Crippen MR) is 50.4 cm³/mol. The molecular formula is C8H17N3O3. The highest BCUT2D eigenvalue weighted by atomic mass is 16.5. The second kappa shape index (κ2) is 5.26. The number of hydrogen-bond acceptors (Lipinski definition) is 5. The van der Waals surface area contributed by atoms with Crippen LogP contribution in [0.5, 0.6) is 0 Å². The van der Waals surface area contributed by atoms with E-state index in [-0.39, 0.29) is 12.7 Å². The highest BCUT2D eigenvalue weighted by Gasteiger charge is 2.22. The molecule has 2 atom stereocenters. The molecule has 0 aromatic heterocycles. The number of aliphatic hydroxyl groups excluding tert-OH is 1. The number of morpholine rings is 1. The van der Waals surface area contributed by atoms with Crippen LogP contribution < -0.4 is 11.5 Å². The van der Waals surface area contributed by atoms with E-state index in [2.05, 4.69) is 0 Å². The molecule has 1 rings (SSSR count). The molecule has 1 heterocycles. The van der Waals surface area contributed by atoms with Crippen molar-refractivity contribution < 1.29 is 14.6 Å². The Morgan fingerprint density at radius 3 is 3.00 bits per heavy atom. The summed E-state index contributed by atoms with van der Waals surface area (Å²) in [6, 6.07) is -0.646. The topological polar surface area (TPSA) is 102 Å². The molecule has 6 nitrogen and oxygen atoms in total. The molecule has 0 aliphatic carbocycles. The van der Waals surface area contributed by atoms with Crippen molar-refractivity contribution in [1.82, 2.24) is 4.90 Å². The predicted octanol–water partition coefficient (Wildman–Crippen LogP) is -2.51. The lowest BCUT2D eigenvalue weighted by Gasteiger charge is -2.32. The fourth-order valence-electron chi connectivity index (χ4n) is 1.42. The Kier molecular flexibility index (Phi) is 4.27. The summed E-state index contributed by atoms with van der Waals surface area (Å²) in [6.45, 7) is 2.28. The molecule has 0 aromatic carbocycles. The van der Waals surface area contributed by atoms with Gasteiger partial charge in [0, 0.05) is 19.6 Å². The van der Waals surface area contributed by atoms with Crippen LogP contribution in [0.4, 0.5) is 0 Å². The molecule has 0 saturated carbocycles. The zero-order chi connectivity index (χ0) is 10.6. The van der Waals surface area contributed by atoms with E-state index in [0.29, 0.717) is 19.7 Å². The van der Waals surface area contributed by atoms with Gasteiger partial charge in [-0.15, -0.1) is 0 Å². The van der Waals surface area contributed by atoms with Gasteiger partial charge in [-0.1, -0.05) is 0 Å². The minimum absolute atomic E-state index is 0.0116. The first kappa shape index (κ1) is 11.4. The summed E-state index contributed by atoms with van der Waals surface area (Å²) < 4.78 is 5.25. The van der Waals surface area contributed by atoms with Gasteiger partial charge in [-0.05, 0) is 0 Å². The molecule has 1 saturated heterocycles. The number of primary amides is 1. The molecule has 1 aliphatic heterocycles. The molecule has 82 valence electrons. The summed E-state index contributed by atoms with van der Waals surface area (Å²) in [6.07, 6.45) is -0.177. The first-order chi connectivity index (χ1) is 6.63. The maximum absolute atomic E-state index is 10.7. The SMILES string of the molecule is NC(=O)C(N)CN1CCOC(CO)C1. The number of aliphatic hydroxyl groups is 1. The van der Waals surface area contributed by atoms with Gasteiger partial charge >= 0.3 is 0 Å². The van der Waals surface area contributed by atoms with Gasteiger partial charge in [-0.2, -0.15) is 0 Å². The Hall–Kier alpha value is -0.690. The number of ether oxygens (including phenoxy) is 1.